The first kappa shape index (κ1) is 11.2. The Morgan fingerprint density at radius 1 is 1.44 bits per heavy atom. The molecule has 2 heteroatoms. The summed E-state index contributed by atoms with van der Waals surface area (Å²) in [6.07, 6.45) is 3.12. The number of aryl methyl sites for hydroxylation is 1. The zero-order chi connectivity index (χ0) is 11.4. The van der Waals surface area contributed by atoms with E-state index in [0.29, 0.717) is 11.8 Å². The van der Waals surface area contributed by atoms with E-state index < -0.39 is 0 Å². The van der Waals surface area contributed by atoms with Gasteiger partial charge in [0.1, 0.15) is 0 Å². The molecule has 1 aliphatic carbocycles. The van der Waals surface area contributed by atoms with E-state index in [4.69, 9.17) is 5.26 Å². The summed E-state index contributed by atoms with van der Waals surface area (Å²) in [6, 6.07) is 10.8. The Bertz CT molecular complexity index is 399. The Kier molecular flexibility index (Phi) is 3.26. The number of hydrogen-bond acceptors (Lipinski definition) is 2. The second-order valence-corrected chi connectivity index (χ2v) is 4.93. The first-order chi connectivity index (χ1) is 7.74. The zero-order valence-electron chi connectivity index (χ0n) is 9.79. The van der Waals surface area contributed by atoms with Crippen LogP contribution in [-0.4, -0.2) is 6.54 Å². The van der Waals surface area contributed by atoms with Crippen molar-refractivity contribution < 1.29 is 0 Å². The second kappa shape index (κ2) is 4.67. The van der Waals surface area contributed by atoms with Gasteiger partial charge in [-0.05, 0) is 30.7 Å². The van der Waals surface area contributed by atoms with Crippen molar-refractivity contribution in [3.8, 4) is 6.07 Å². The van der Waals surface area contributed by atoms with Gasteiger partial charge in [-0.2, -0.15) is 5.26 Å². The molecule has 84 valence electrons. The van der Waals surface area contributed by atoms with Gasteiger partial charge in [-0.1, -0.05) is 29.8 Å². The van der Waals surface area contributed by atoms with Crippen molar-refractivity contribution in [2.75, 3.05) is 6.54 Å². The number of rotatable bonds is 5. The molecule has 0 aromatic heterocycles. The first-order valence-electron chi connectivity index (χ1n) is 5.87. The Morgan fingerprint density at radius 2 is 2.25 bits per heavy atom. The van der Waals surface area contributed by atoms with Gasteiger partial charge >= 0.3 is 0 Å². The fourth-order valence-corrected chi connectivity index (χ4v) is 2.05. The summed E-state index contributed by atoms with van der Waals surface area (Å²) >= 11 is 0. The van der Waals surface area contributed by atoms with E-state index in [1.165, 1.54) is 24.0 Å². The second-order valence-electron chi connectivity index (χ2n) is 4.93. The molecule has 1 aliphatic rings. The lowest BCUT2D eigenvalue weighted by atomic mass is 10.0. The molecule has 2 nitrogen and oxygen atoms in total. The van der Waals surface area contributed by atoms with Gasteiger partial charge in [0.15, 0.2) is 0 Å². The van der Waals surface area contributed by atoms with Crippen LogP contribution in [-0.2, 0) is 6.54 Å². The van der Waals surface area contributed by atoms with Crippen LogP contribution in [0.1, 0.15) is 30.4 Å². The van der Waals surface area contributed by atoms with E-state index in [2.05, 4.69) is 42.6 Å². The SMILES string of the molecule is Cc1cccc(CNCC2(CC#N)CC2)c1. The number of nitriles is 1. The Balaban J connectivity index is 1.78. The molecule has 16 heavy (non-hydrogen) atoms. The molecule has 0 heterocycles. The van der Waals surface area contributed by atoms with Gasteiger partial charge in [0.25, 0.3) is 0 Å². The molecule has 0 bridgehead atoms. The molecule has 1 aromatic carbocycles. The minimum Gasteiger partial charge on any atom is -0.312 e. The van der Waals surface area contributed by atoms with Gasteiger partial charge in [-0.25, -0.2) is 0 Å². The third-order valence-corrected chi connectivity index (χ3v) is 3.32. The summed E-state index contributed by atoms with van der Waals surface area (Å²) < 4.78 is 0. The van der Waals surface area contributed by atoms with E-state index in [1.54, 1.807) is 0 Å². The van der Waals surface area contributed by atoms with Crippen LogP contribution in [0.3, 0.4) is 0 Å². The molecule has 0 amide bonds. The van der Waals surface area contributed by atoms with E-state index >= 15 is 0 Å². The van der Waals surface area contributed by atoms with Crippen LogP contribution < -0.4 is 5.32 Å². The van der Waals surface area contributed by atoms with Crippen molar-refractivity contribution in [1.29, 1.82) is 5.26 Å². The van der Waals surface area contributed by atoms with Crippen LogP contribution in [0.4, 0.5) is 0 Å². The summed E-state index contributed by atoms with van der Waals surface area (Å²) in [7, 11) is 0. The third kappa shape index (κ3) is 2.84. The molecule has 1 N–H and O–H groups in total. The van der Waals surface area contributed by atoms with Crippen molar-refractivity contribution in [2.45, 2.75) is 32.7 Å². The summed E-state index contributed by atoms with van der Waals surface area (Å²) in [4.78, 5) is 0. The molecule has 1 aromatic rings. The predicted molar refractivity (Wildman–Crippen MR) is 64.8 cm³/mol. The van der Waals surface area contributed by atoms with Gasteiger partial charge in [0, 0.05) is 19.5 Å². The Labute approximate surface area is 97.3 Å². The first-order valence-corrected chi connectivity index (χ1v) is 5.87. The normalized spacial score (nSPS) is 16.8. The average Bonchev–Trinajstić information content (AvgIpc) is 2.99. The Morgan fingerprint density at radius 3 is 2.88 bits per heavy atom. The maximum atomic E-state index is 8.72. The highest BCUT2D eigenvalue weighted by Gasteiger charge is 2.41. The molecule has 0 unspecified atom stereocenters. The van der Waals surface area contributed by atoms with Crippen LogP contribution in [0.15, 0.2) is 24.3 Å². The van der Waals surface area contributed by atoms with E-state index in [0.717, 1.165) is 13.1 Å². The number of hydrogen-bond donors (Lipinski definition) is 1. The maximum absolute atomic E-state index is 8.72. The summed E-state index contributed by atoms with van der Waals surface area (Å²) in [6.45, 7) is 4.00. The molecular formula is C14H18N2. The molecule has 1 fully saturated rings. The highest BCUT2D eigenvalue weighted by molar-refractivity contribution is 5.22. The average molecular weight is 214 g/mol. The third-order valence-electron chi connectivity index (χ3n) is 3.32. The zero-order valence-corrected chi connectivity index (χ0v) is 9.79. The quantitative estimate of drug-likeness (QED) is 0.818. The highest BCUT2D eigenvalue weighted by atomic mass is 14.9. The lowest BCUT2D eigenvalue weighted by molar-refractivity contribution is 0.466. The lowest BCUT2D eigenvalue weighted by Gasteiger charge is -2.12. The van der Waals surface area contributed by atoms with Crippen molar-refractivity contribution in [1.82, 2.24) is 5.32 Å². The maximum Gasteiger partial charge on any atom is 0.0628 e. The topological polar surface area (TPSA) is 35.8 Å². The molecular weight excluding hydrogens is 196 g/mol. The molecule has 2 rings (SSSR count). The number of nitrogens with one attached hydrogen (secondary N) is 1. The van der Waals surface area contributed by atoms with Crippen molar-refractivity contribution in [3.63, 3.8) is 0 Å². The standard InChI is InChI=1S/C14H18N2/c1-12-3-2-4-13(9-12)10-16-11-14(5-6-14)7-8-15/h2-4,9,16H,5-7,10-11H2,1H3. The summed E-state index contributed by atoms with van der Waals surface area (Å²) in [5.74, 6) is 0. The van der Waals surface area contributed by atoms with Gasteiger partial charge in [-0.3, -0.25) is 0 Å². The van der Waals surface area contributed by atoms with Crippen molar-refractivity contribution in [2.24, 2.45) is 5.41 Å². The van der Waals surface area contributed by atoms with E-state index in [9.17, 15) is 0 Å². The van der Waals surface area contributed by atoms with Crippen LogP contribution in [0.25, 0.3) is 0 Å². The highest BCUT2D eigenvalue weighted by Crippen LogP contribution is 2.47. The fraction of sp³-hybridized carbons (Fsp3) is 0.500. The molecule has 0 radical (unpaired) electrons. The minimum atomic E-state index is 0.304. The molecule has 1 saturated carbocycles. The smallest absolute Gasteiger partial charge is 0.0628 e. The Hall–Kier alpha value is -1.33. The molecule has 0 spiro atoms. The van der Waals surface area contributed by atoms with Crippen molar-refractivity contribution >= 4 is 0 Å². The lowest BCUT2D eigenvalue weighted by Crippen LogP contribution is -2.23. The predicted octanol–water partition coefficient (Wildman–Crippen LogP) is 2.78. The molecule has 0 saturated heterocycles. The van der Waals surface area contributed by atoms with Crippen LogP contribution >= 0.6 is 0 Å². The largest absolute Gasteiger partial charge is 0.312 e. The van der Waals surface area contributed by atoms with Crippen molar-refractivity contribution in [3.05, 3.63) is 35.4 Å². The van der Waals surface area contributed by atoms with Crippen LogP contribution in [0.2, 0.25) is 0 Å². The van der Waals surface area contributed by atoms with Crippen LogP contribution in [0, 0.1) is 23.7 Å². The summed E-state index contributed by atoms with van der Waals surface area (Å²) in [5.41, 5.74) is 2.93. The van der Waals surface area contributed by atoms with E-state index in [-0.39, 0.29) is 0 Å². The van der Waals surface area contributed by atoms with Gasteiger partial charge in [0.2, 0.25) is 0 Å². The van der Waals surface area contributed by atoms with Gasteiger partial charge < -0.3 is 5.32 Å². The van der Waals surface area contributed by atoms with E-state index in [1.807, 2.05) is 0 Å². The summed E-state index contributed by atoms with van der Waals surface area (Å²) in [5, 5.41) is 12.2. The van der Waals surface area contributed by atoms with Gasteiger partial charge in [-0.15, -0.1) is 0 Å². The number of nitrogens with zero attached hydrogens (tertiary/aromatic N) is 1. The number of benzene rings is 1. The molecule has 0 atom stereocenters. The molecule has 0 aliphatic heterocycles. The monoisotopic (exact) mass is 214 g/mol. The fourth-order valence-electron chi connectivity index (χ4n) is 2.05. The minimum absolute atomic E-state index is 0.304. The van der Waals surface area contributed by atoms with Crippen LogP contribution in [0.5, 0.6) is 0 Å². The van der Waals surface area contributed by atoms with Gasteiger partial charge in [0.05, 0.1) is 6.07 Å².